The fourth-order valence-electron chi connectivity index (χ4n) is 1.09. The van der Waals surface area contributed by atoms with Crippen molar-refractivity contribution in [1.29, 1.82) is 0 Å². The van der Waals surface area contributed by atoms with Gasteiger partial charge in [0.2, 0.25) is 5.91 Å². The van der Waals surface area contributed by atoms with Gasteiger partial charge in [-0.2, -0.15) is 13.1 Å². The SMILES string of the molecule is NCCNS(=O)(=O)Nc1ccc(C(N)=O)cc1. The quantitative estimate of drug-likeness (QED) is 0.521. The lowest BCUT2D eigenvalue weighted by Gasteiger charge is -2.08. The Morgan fingerprint density at radius 2 is 1.82 bits per heavy atom. The summed E-state index contributed by atoms with van der Waals surface area (Å²) in [5, 5.41) is 0. The van der Waals surface area contributed by atoms with Crippen LogP contribution in [0.1, 0.15) is 10.4 Å². The van der Waals surface area contributed by atoms with Gasteiger partial charge in [-0.25, -0.2) is 0 Å². The second-order valence-electron chi connectivity index (χ2n) is 3.23. The van der Waals surface area contributed by atoms with E-state index in [-0.39, 0.29) is 13.1 Å². The first-order chi connectivity index (χ1) is 7.94. The van der Waals surface area contributed by atoms with E-state index in [1.165, 1.54) is 24.3 Å². The van der Waals surface area contributed by atoms with Crippen molar-refractivity contribution in [2.75, 3.05) is 17.8 Å². The maximum atomic E-state index is 11.4. The summed E-state index contributed by atoms with van der Waals surface area (Å²) >= 11 is 0. The fourth-order valence-corrected chi connectivity index (χ4v) is 1.99. The van der Waals surface area contributed by atoms with E-state index < -0.39 is 16.1 Å². The Kier molecular flexibility index (Phi) is 4.44. The number of nitrogens with two attached hydrogens (primary N) is 2. The lowest BCUT2D eigenvalue weighted by Crippen LogP contribution is -2.33. The molecule has 0 aliphatic carbocycles. The van der Waals surface area contributed by atoms with Crippen molar-refractivity contribution in [1.82, 2.24) is 4.72 Å². The standard InChI is InChI=1S/C9H14N4O3S/c10-5-6-12-17(15,16)13-8-3-1-7(2-4-8)9(11)14/h1-4,12-13H,5-6,10H2,(H2,11,14). The Hall–Kier alpha value is -1.64. The number of carbonyl (C=O) groups excluding carboxylic acids is 1. The minimum Gasteiger partial charge on any atom is -0.366 e. The van der Waals surface area contributed by atoms with E-state index in [0.29, 0.717) is 11.3 Å². The molecule has 17 heavy (non-hydrogen) atoms. The number of hydrogen-bond donors (Lipinski definition) is 4. The molecule has 6 N–H and O–H groups in total. The van der Waals surface area contributed by atoms with E-state index in [1.807, 2.05) is 0 Å². The molecule has 0 aromatic heterocycles. The zero-order chi connectivity index (χ0) is 12.9. The van der Waals surface area contributed by atoms with Gasteiger partial charge in [-0.1, -0.05) is 0 Å². The minimum atomic E-state index is -3.63. The van der Waals surface area contributed by atoms with E-state index in [2.05, 4.69) is 9.44 Å². The van der Waals surface area contributed by atoms with Gasteiger partial charge in [0.15, 0.2) is 0 Å². The van der Waals surface area contributed by atoms with Crippen LogP contribution >= 0.6 is 0 Å². The van der Waals surface area contributed by atoms with Gasteiger partial charge in [0.25, 0.3) is 10.2 Å². The summed E-state index contributed by atoms with van der Waals surface area (Å²) in [6.07, 6.45) is 0. The molecule has 7 nitrogen and oxygen atoms in total. The molecule has 8 heteroatoms. The van der Waals surface area contributed by atoms with Crippen molar-refractivity contribution >= 4 is 21.8 Å². The minimum absolute atomic E-state index is 0.148. The average molecular weight is 258 g/mol. The molecular weight excluding hydrogens is 244 g/mol. The van der Waals surface area contributed by atoms with Gasteiger partial charge < -0.3 is 11.5 Å². The lowest BCUT2D eigenvalue weighted by atomic mass is 10.2. The van der Waals surface area contributed by atoms with E-state index in [4.69, 9.17) is 11.5 Å². The summed E-state index contributed by atoms with van der Waals surface area (Å²) in [5.74, 6) is -0.569. The van der Waals surface area contributed by atoms with Crippen LogP contribution in [0.4, 0.5) is 5.69 Å². The molecule has 0 heterocycles. The normalized spacial score (nSPS) is 11.1. The topological polar surface area (TPSA) is 127 Å². The van der Waals surface area contributed by atoms with E-state index in [1.54, 1.807) is 0 Å². The molecule has 1 aromatic rings. The van der Waals surface area contributed by atoms with Crippen molar-refractivity contribution in [2.24, 2.45) is 11.5 Å². The monoisotopic (exact) mass is 258 g/mol. The zero-order valence-electron chi connectivity index (χ0n) is 9.01. The number of anilines is 1. The first-order valence-corrected chi connectivity index (χ1v) is 6.30. The molecular formula is C9H14N4O3S. The molecule has 0 spiro atoms. The Balaban J connectivity index is 2.72. The first-order valence-electron chi connectivity index (χ1n) is 4.82. The Bertz CT molecular complexity index is 483. The van der Waals surface area contributed by atoms with Crippen LogP contribution in [0.25, 0.3) is 0 Å². The third-order valence-electron chi connectivity index (χ3n) is 1.86. The van der Waals surface area contributed by atoms with Crippen LogP contribution in [0.5, 0.6) is 0 Å². The summed E-state index contributed by atoms with van der Waals surface area (Å²) in [7, 11) is -3.63. The van der Waals surface area contributed by atoms with Crippen molar-refractivity contribution in [2.45, 2.75) is 0 Å². The molecule has 1 aromatic carbocycles. The highest BCUT2D eigenvalue weighted by molar-refractivity contribution is 7.90. The second-order valence-corrected chi connectivity index (χ2v) is 4.73. The predicted octanol–water partition coefficient (Wildman–Crippen LogP) is -1.01. The molecule has 0 radical (unpaired) electrons. The molecule has 0 unspecified atom stereocenters. The molecule has 0 aliphatic rings. The van der Waals surface area contributed by atoms with Gasteiger partial charge in [0.05, 0.1) is 0 Å². The van der Waals surface area contributed by atoms with Gasteiger partial charge in [-0.15, -0.1) is 0 Å². The molecule has 1 rings (SSSR count). The molecule has 0 saturated carbocycles. The second kappa shape index (κ2) is 5.62. The summed E-state index contributed by atoms with van der Waals surface area (Å²) in [6, 6.07) is 5.76. The van der Waals surface area contributed by atoms with Crippen molar-refractivity contribution in [3.05, 3.63) is 29.8 Å². The van der Waals surface area contributed by atoms with Gasteiger partial charge in [-0.05, 0) is 24.3 Å². The van der Waals surface area contributed by atoms with Crippen LogP contribution in [0.15, 0.2) is 24.3 Å². The summed E-state index contributed by atoms with van der Waals surface area (Å²) in [5.41, 5.74) is 10.9. The molecule has 0 bridgehead atoms. The number of primary amides is 1. The van der Waals surface area contributed by atoms with E-state index in [0.717, 1.165) is 0 Å². The average Bonchev–Trinajstić information content (AvgIpc) is 2.26. The zero-order valence-corrected chi connectivity index (χ0v) is 9.83. The van der Waals surface area contributed by atoms with Gasteiger partial charge >= 0.3 is 0 Å². The largest absolute Gasteiger partial charge is 0.366 e. The highest BCUT2D eigenvalue weighted by atomic mass is 32.2. The van der Waals surface area contributed by atoms with Crippen LogP contribution < -0.4 is 20.9 Å². The summed E-state index contributed by atoms with van der Waals surface area (Å²) in [4.78, 5) is 10.8. The third kappa shape index (κ3) is 4.39. The van der Waals surface area contributed by atoms with Crippen LogP contribution in [0.3, 0.4) is 0 Å². The molecule has 0 aliphatic heterocycles. The molecule has 0 atom stereocenters. The van der Waals surface area contributed by atoms with E-state index >= 15 is 0 Å². The van der Waals surface area contributed by atoms with Crippen molar-refractivity contribution in [3.8, 4) is 0 Å². The molecule has 94 valence electrons. The molecule has 0 saturated heterocycles. The first kappa shape index (κ1) is 13.4. The molecule has 0 fully saturated rings. The lowest BCUT2D eigenvalue weighted by molar-refractivity contribution is 0.100. The predicted molar refractivity (Wildman–Crippen MR) is 64.6 cm³/mol. The maximum absolute atomic E-state index is 11.4. The number of benzene rings is 1. The smallest absolute Gasteiger partial charge is 0.299 e. The summed E-state index contributed by atoms with van der Waals surface area (Å²) in [6.45, 7) is 0.357. The van der Waals surface area contributed by atoms with Gasteiger partial charge in [-0.3, -0.25) is 9.52 Å². The van der Waals surface area contributed by atoms with Gasteiger partial charge in [0, 0.05) is 24.3 Å². The highest BCUT2D eigenvalue weighted by Gasteiger charge is 2.08. The van der Waals surface area contributed by atoms with Crippen LogP contribution in [0, 0.1) is 0 Å². The highest BCUT2D eigenvalue weighted by Crippen LogP contribution is 2.10. The van der Waals surface area contributed by atoms with Gasteiger partial charge in [0.1, 0.15) is 0 Å². The number of carbonyl (C=O) groups is 1. The fraction of sp³-hybridized carbons (Fsp3) is 0.222. The van der Waals surface area contributed by atoms with Crippen molar-refractivity contribution < 1.29 is 13.2 Å². The number of nitrogens with one attached hydrogen (secondary N) is 2. The number of rotatable bonds is 6. The van der Waals surface area contributed by atoms with Crippen molar-refractivity contribution in [3.63, 3.8) is 0 Å². The summed E-state index contributed by atoms with van der Waals surface area (Å²) < 4.78 is 27.3. The van der Waals surface area contributed by atoms with E-state index in [9.17, 15) is 13.2 Å². The molecule has 1 amide bonds. The Labute approximate surface area is 99.4 Å². The Morgan fingerprint density at radius 3 is 2.29 bits per heavy atom. The van der Waals surface area contributed by atoms with Crippen LogP contribution in [-0.4, -0.2) is 27.4 Å². The number of amides is 1. The number of hydrogen-bond acceptors (Lipinski definition) is 4. The van der Waals surface area contributed by atoms with Crippen LogP contribution in [-0.2, 0) is 10.2 Å². The van der Waals surface area contributed by atoms with Crippen LogP contribution in [0.2, 0.25) is 0 Å². The third-order valence-corrected chi connectivity index (χ3v) is 2.95. The Morgan fingerprint density at radius 1 is 1.24 bits per heavy atom. The maximum Gasteiger partial charge on any atom is 0.299 e.